The number of ether oxygens (including phenoxy) is 1. The van der Waals surface area contributed by atoms with E-state index in [1.54, 1.807) is 26.2 Å². The lowest BCUT2D eigenvalue weighted by Crippen LogP contribution is -2.15. The van der Waals surface area contributed by atoms with E-state index in [0.29, 0.717) is 22.7 Å². The molecule has 0 aliphatic rings. The number of carbonyl (C=O) groups excluding carboxylic acids is 2. The highest BCUT2D eigenvalue weighted by atomic mass is 19.1. The van der Waals surface area contributed by atoms with E-state index in [1.807, 2.05) is 36.4 Å². The van der Waals surface area contributed by atoms with Crippen molar-refractivity contribution in [3.05, 3.63) is 102 Å². The van der Waals surface area contributed by atoms with Crippen molar-refractivity contribution in [2.24, 2.45) is 0 Å². The van der Waals surface area contributed by atoms with Crippen LogP contribution in [-0.2, 0) is 0 Å². The summed E-state index contributed by atoms with van der Waals surface area (Å²) in [7, 11) is 1.55. The minimum Gasteiger partial charge on any atom is -0.497 e. The molecule has 3 aromatic carbocycles. The van der Waals surface area contributed by atoms with Gasteiger partial charge in [0.1, 0.15) is 22.9 Å². The summed E-state index contributed by atoms with van der Waals surface area (Å²) in [4.78, 5) is 25.9. The zero-order valence-electron chi connectivity index (χ0n) is 19.4. The minimum absolute atomic E-state index is 0.0870. The van der Waals surface area contributed by atoms with Gasteiger partial charge >= 0.3 is 0 Å². The number of hydrogen-bond donors (Lipinski definition) is 2. The molecule has 2 amide bonds. The molecule has 0 bridgehead atoms. The summed E-state index contributed by atoms with van der Waals surface area (Å²) in [6.07, 6.45) is 1.38. The third-order valence-corrected chi connectivity index (χ3v) is 5.74. The molecule has 0 aliphatic carbocycles. The van der Waals surface area contributed by atoms with Crippen LogP contribution in [0.5, 0.6) is 5.75 Å². The SMILES string of the molecule is COc1ccc2c(-c3ccccc3)c(C(=O)Nc3ccc(F)c(NC(=O)c4ccoc4C)c3)oc2c1. The van der Waals surface area contributed by atoms with Gasteiger partial charge in [0.25, 0.3) is 11.8 Å². The highest BCUT2D eigenvalue weighted by molar-refractivity contribution is 6.13. The van der Waals surface area contributed by atoms with Crippen LogP contribution in [0.15, 0.2) is 87.9 Å². The van der Waals surface area contributed by atoms with E-state index in [9.17, 15) is 14.0 Å². The topological polar surface area (TPSA) is 93.7 Å². The van der Waals surface area contributed by atoms with Gasteiger partial charge in [0, 0.05) is 22.7 Å². The first-order valence-electron chi connectivity index (χ1n) is 11.1. The summed E-state index contributed by atoms with van der Waals surface area (Å²) in [5, 5.41) is 6.01. The van der Waals surface area contributed by atoms with Crippen molar-refractivity contribution < 1.29 is 27.6 Å². The largest absolute Gasteiger partial charge is 0.497 e. The summed E-state index contributed by atoms with van der Waals surface area (Å²) >= 11 is 0. The fourth-order valence-electron chi connectivity index (χ4n) is 3.95. The number of furan rings is 2. The van der Waals surface area contributed by atoms with Crippen LogP contribution in [-0.4, -0.2) is 18.9 Å². The maximum absolute atomic E-state index is 14.4. The first-order valence-corrected chi connectivity index (χ1v) is 11.1. The van der Waals surface area contributed by atoms with Crippen LogP contribution >= 0.6 is 0 Å². The molecule has 0 saturated heterocycles. The molecule has 5 aromatic rings. The minimum atomic E-state index is -0.650. The average molecular weight is 484 g/mol. The lowest BCUT2D eigenvalue weighted by molar-refractivity contribution is 0.0997. The number of aryl methyl sites for hydroxylation is 1. The molecule has 0 atom stereocenters. The molecule has 2 heterocycles. The van der Waals surface area contributed by atoms with Crippen LogP contribution in [0.25, 0.3) is 22.1 Å². The molecule has 8 heteroatoms. The normalized spacial score (nSPS) is 10.9. The highest BCUT2D eigenvalue weighted by Crippen LogP contribution is 2.37. The van der Waals surface area contributed by atoms with Gasteiger partial charge in [0.2, 0.25) is 5.76 Å². The monoisotopic (exact) mass is 484 g/mol. The fraction of sp³-hybridized carbons (Fsp3) is 0.0714. The second-order valence-corrected chi connectivity index (χ2v) is 8.03. The quantitative estimate of drug-likeness (QED) is 0.281. The maximum Gasteiger partial charge on any atom is 0.292 e. The number of carbonyl (C=O) groups is 2. The molecule has 0 fully saturated rings. The summed E-state index contributed by atoms with van der Waals surface area (Å²) < 4.78 is 30.8. The van der Waals surface area contributed by atoms with E-state index >= 15 is 0 Å². The Morgan fingerprint density at radius 2 is 1.72 bits per heavy atom. The van der Waals surface area contributed by atoms with Crippen LogP contribution in [0.1, 0.15) is 26.7 Å². The highest BCUT2D eigenvalue weighted by Gasteiger charge is 2.23. The number of benzene rings is 3. The number of hydrogen-bond acceptors (Lipinski definition) is 5. The van der Waals surface area contributed by atoms with Gasteiger partial charge in [-0.15, -0.1) is 0 Å². The number of methoxy groups -OCH3 is 1. The second kappa shape index (κ2) is 9.42. The van der Waals surface area contributed by atoms with Gasteiger partial charge in [-0.2, -0.15) is 0 Å². The molecule has 7 nitrogen and oxygen atoms in total. The van der Waals surface area contributed by atoms with Gasteiger partial charge in [0.05, 0.1) is 24.6 Å². The third-order valence-electron chi connectivity index (χ3n) is 5.74. The number of halogens is 1. The second-order valence-electron chi connectivity index (χ2n) is 8.03. The standard InChI is InChI=1S/C28H21FN2O5/c1-16-20(12-13-35-16)27(32)31-23-14-18(8-11-22(23)29)30-28(33)26-25(17-6-4-3-5-7-17)21-10-9-19(34-2)15-24(21)36-26/h3-15H,1-2H3,(H,30,33)(H,31,32). The van der Waals surface area contributed by atoms with E-state index < -0.39 is 17.6 Å². The van der Waals surface area contributed by atoms with E-state index in [2.05, 4.69) is 10.6 Å². The molecule has 2 aromatic heterocycles. The first kappa shape index (κ1) is 22.9. The van der Waals surface area contributed by atoms with Gasteiger partial charge < -0.3 is 24.2 Å². The van der Waals surface area contributed by atoms with Crippen molar-refractivity contribution in [1.82, 2.24) is 0 Å². The number of amides is 2. The Kier molecular flexibility index (Phi) is 6.00. The van der Waals surface area contributed by atoms with Crippen LogP contribution in [0.2, 0.25) is 0 Å². The van der Waals surface area contributed by atoms with Gasteiger partial charge in [-0.25, -0.2) is 4.39 Å². The Morgan fingerprint density at radius 3 is 2.44 bits per heavy atom. The van der Waals surface area contributed by atoms with Gasteiger partial charge in [0.15, 0.2) is 0 Å². The Morgan fingerprint density at radius 1 is 0.917 bits per heavy atom. The molecule has 0 radical (unpaired) electrons. The zero-order valence-corrected chi connectivity index (χ0v) is 19.4. The molecule has 2 N–H and O–H groups in total. The van der Waals surface area contributed by atoms with E-state index in [-0.39, 0.29) is 22.7 Å². The molecule has 180 valence electrons. The molecule has 0 saturated carbocycles. The predicted octanol–water partition coefficient (Wildman–Crippen LogP) is 6.65. The molecular formula is C28H21FN2O5. The van der Waals surface area contributed by atoms with Crippen molar-refractivity contribution in [2.75, 3.05) is 17.7 Å². The number of fused-ring (bicyclic) bond motifs is 1. The van der Waals surface area contributed by atoms with E-state index in [1.165, 1.54) is 24.5 Å². The Hall–Kier alpha value is -4.85. The number of nitrogens with one attached hydrogen (secondary N) is 2. The smallest absolute Gasteiger partial charge is 0.292 e. The van der Waals surface area contributed by atoms with Crippen LogP contribution in [0.3, 0.4) is 0 Å². The molecule has 0 unspecified atom stereocenters. The van der Waals surface area contributed by atoms with Gasteiger partial charge in [-0.3, -0.25) is 9.59 Å². The average Bonchev–Trinajstić information content (AvgIpc) is 3.49. The number of anilines is 2. The summed E-state index contributed by atoms with van der Waals surface area (Å²) in [6.45, 7) is 1.63. The lowest BCUT2D eigenvalue weighted by Gasteiger charge is -2.10. The predicted molar refractivity (Wildman–Crippen MR) is 134 cm³/mol. The number of rotatable bonds is 6. The van der Waals surface area contributed by atoms with Crippen molar-refractivity contribution in [2.45, 2.75) is 6.92 Å². The van der Waals surface area contributed by atoms with Gasteiger partial charge in [-0.05, 0) is 48.9 Å². The molecule has 0 spiro atoms. The molecule has 0 aliphatic heterocycles. The first-order chi connectivity index (χ1) is 17.4. The van der Waals surface area contributed by atoms with Crippen molar-refractivity contribution in [3.63, 3.8) is 0 Å². The Balaban J connectivity index is 1.48. The Labute approximate surface area is 205 Å². The summed E-state index contributed by atoms with van der Waals surface area (Å²) in [6, 6.07) is 20.1. The zero-order chi connectivity index (χ0) is 25.2. The summed E-state index contributed by atoms with van der Waals surface area (Å²) in [5.74, 6) is -0.613. The van der Waals surface area contributed by atoms with Crippen molar-refractivity contribution in [1.29, 1.82) is 0 Å². The molecule has 36 heavy (non-hydrogen) atoms. The Bertz CT molecular complexity index is 1590. The molecular weight excluding hydrogens is 463 g/mol. The lowest BCUT2D eigenvalue weighted by atomic mass is 10.0. The molecule has 5 rings (SSSR count). The van der Waals surface area contributed by atoms with Crippen molar-refractivity contribution in [3.8, 4) is 16.9 Å². The van der Waals surface area contributed by atoms with Gasteiger partial charge in [-0.1, -0.05) is 30.3 Å². The van der Waals surface area contributed by atoms with Crippen molar-refractivity contribution >= 4 is 34.2 Å². The third kappa shape index (κ3) is 4.32. The summed E-state index contributed by atoms with van der Waals surface area (Å²) in [5.41, 5.74) is 2.38. The van der Waals surface area contributed by atoms with E-state index in [4.69, 9.17) is 13.6 Å². The van der Waals surface area contributed by atoms with Crippen LogP contribution < -0.4 is 15.4 Å². The van der Waals surface area contributed by atoms with Crippen LogP contribution in [0.4, 0.5) is 15.8 Å². The van der Waals surface area contributed by atoms with E-state index in [0.717, 1.165) is 17.0 Å². The van der Waals surface area contributed by atoms with Crippen LogP contribution in [0, 0.1) is 12.7 Å². The fourth-order valence-corrected chi connectivity index (χ4v) is 3.95. The maximum atomic E-state index is 14.4.